The minimum absolute atomic E-state index is 0.650. The lowest BCUT2D eigenvalue weighted by atomic mass is 10.1. The van der Waals surface area contributed by atoms with Gasteiger partial charge in [-0.1, -0.05) is 12.7 Å². The van der Waals surface area contributed by atoms with Crippen LogP contribution < -0.4 is 4.74 Å². The van der Waals surface area contributed by atoms with Crippen molar-refractivity contribution in [1.29, 1.82) is 0 Å². The smallest absolute Gasteiger partial charge is 0.134 e. The van der Waals surface area contributed by atoms with E-state index in [-0.39, 0.29) is 0 Å². The summed E-state index contributed by atoms with van der Waals surface area (Å²) in [7, 11) is 0. The molecule has 17 heavy (non-hydrogen) atoms. The van der Waals surface area contributed by atoms with Gasteiger partial charge < -0.3 is 9.15 Å². The summed E-state index contributed by atoms with van der Waals surface area (Å²) in [6.45, 7) is 8.34. The summed E-state index contributed by atoms with van der Waals surface area (Å²) in [5, 5.41) is 0. The van der Waals surface area contributed by atoms with Crippen LogP contribution in [0.2, 0.25) is 0 Å². The maximum absolute atomic E-state index is 5.61. The summed E-state index contributed by atoms with van der Waals surface area (Å²) < 4.78 is 11.1. The van der Waals surface area contributed by atoms with E-state index in [1.54, 1.807) is 0 Å². The molecule has 0 radical (unpaired) electrons. The molecule has 2 rings (SSSR count). The first-order chi connectivity index (χ1) is 8.22. The Morgan fingerprint density at radius 3 is 2.71 bits per heavy atom. The van der Waals surface area contributed by atoms with Gasteiger partial charge in [0.2, 0.25) is 0 Å². The topological polar surface area (TPSA) is 22.4 Å². The van der Waals surface area contributed by atoms with Gasteiger partial charge >= 0.3 is 0 Å². The SMILES string of the molecule is C=Cc1cc(OCC)cc(-c2ccc(C)o2)c1. The van der Waals surface area contributed by atoms with E-state index in [9.17, 15) is 0 Å². The molecule has 0 N–H and O–H groups in total. The van der Waals surface area contributed by atoms with Gasteiger partial charge in [0.05, 0.1) is 6.61 Å². The van der Waals surface area contributed by atoms with E-state index in [2.05, 4.69) is 6.58 Å². The fourth-order valence-corrected chi connectivity index (χ4v) is 1.72. The van der Waals surface area contributed by atoms with Gasteiger partial charge in [0.25, 0.3) is 0 Å². The van der Waals surface area contributed by atoms with Crippen molar-refractivity contribution in [2.75, 3.05) is 6.61 Å². The highest BCUT2D eigenvalue weighted by molar-refractivity contribution is 5.65. The van der Waals surface area contributed by atoms with Gasteiger partial charge in [0.15, 0.2) is 0 Å². The summed E-state index contributed by atoms with van der Waals surface area (Å²) in [5.41, 5.74) is 2.04. The number of hydrogen-bond donors (Lipinski definition) is 0. The summed E-state index contributed by atoms with van der Waals surface area (Å²) >= 11 is 0. The number of benzene rings is 1. The molecule has 0 aliphatic carbocycles. The van der Waals surface area contributed by atoms with Gasteiger partial charge in [-0.05, 0) is 49.7 Å². The van der Waals surface area contributed by atoms with Crippen molar-refractivity contribution in [1.82, 2.24) is 0 Å². The van der Waals surface area contributed by atoms with Gasteiger partial charge in [-0.15, -0.1) is 0 Å². The Kier molecular flexibility index (Phi) is 3.33. The third-order valence-electron chi connectivity index (χ3n) is 2.50. The van der Waals surface area contributed by atoms with Crippen molar-refractivity contribution in [2.24, 2.45) is 0 Å². The molecule has 0 bridgehead atoms. The maximum Gasteiger partial charge on any atom is 0.134 e. The van der Waals surface area contributed by atoms with Gasteiger partial charge in [0, 0.05) is 5.56 Å². The first kappa shape index (κ1) is 11.5. The Bertz CT molecular complexity index is 523. The Morgan fingerprint density at radius 1 is 1.29 bits per heavy atom. The van der Waals surface area contributed by atoms with Crippen LogP contribution in [0.3, 0.4) is 0 Å². The van der Waals surface area contributed by atoms with Crippen LogP contribution >= 0.6 is 0 Å². The fourth-order valence-electron chi connectivity index (χ4n) is 1.72. The molecule has 1 heterocycles. The monoisotopic (exact) mass is 228 g/mol. The van der Waals surface area contributed by atoms with E-state index in [1.807, 2.05) is 50.3 Å². The van der Waals surface area contributed by atoms with Crippen LogP contribution in [0, 0.1) is 6.92 Å². The Hall–Kier alpha value is -1.96. The zero-order valence-corrected chi connectivity index (χ0v) is 10.2. The van der Waals surface area contributed by atoms with Crippen LogP contribution in [0.4, 0.5) is 0 Å². The summed E-state index contributed by atoms with van der Waals surface area (Å²) in [6.07, 6.45) is 1.81. The van der Waals surface area contributed by atoms with Crippen molar-refractivity contribution >= 4 is 6.08 Å². The second kappa shape index (κ2) is 4.91. The predicted octanol–water partition coefficient (Wildman–Crippen LogP) is 4.30. The van der Waals surface area contributed by atoms with E-state index < -0.39 is 0 Å². The van der Waals surface area contributed by atoms with Gasteiger partial charge in [0.1, 0.15) is 17.3 Å². The van der Waals surface area contributed by atoms with Gasteiger partial charge in [-0.25, -0.2) is 0 Å². The van der Waals surface area contributed by atoms with Crippen LogP contribution in [-0.4, -0.2) is 6.61 Å². The van der Waals surface area contributed by atoms with E-state index >= 15 is 0 Å². The quantitative estimate of drug-likeness (QED) is 0.778. The average molecular weight is 228 g/mol. The molecule has 0 saturated carbocycles. The molecule has 1 aromatic heterocycles. The van der Waals surface area contributed by atoms with Crippen molar-refractivity contribution < 1.29 is 9.15 Å². The number of rotatable bonds is 4. The van der Waals surface area contributed by atoms with Crippen LogP contribution in [-0.2, 0) is 0 Å². The molecule has 1 aromatic carbocycles. The van der Waals surface area contributed by atoms with Crippen LogP contribution in [0.25, 0.3) is 17.4 Å². The normalized spacial score (nSPS) is 10.2. The Morgan fingerprint density at radius 2 is 2.12 bits per heavy atom. The Labute approximate surface area is 102 Å². The number of aryl methyl sites for hydroxylation is 1. The fraction of sp³-hybridized carbons (Fsp3) is 0.200. The molecule has 0 aliphatic rings. The summed E-state index contributed by atoms with van der Waals surface area (Å²) in [5.74, 6) is 2.60. The van der Waals surface area contributed by atoms with E-state index in [1.165, 1.54) is 0 Å². The number of ether oxygens (including phenoxy) is 1. The first-order valence-corrected chi connectivity index (χ1v) is 5.70. The lowest BCUT2D eigenvalue weighted by Crippen LogP contribution is -1.92. The minimum Gasteiger partial charge on any atom is -0.494 e. The number of hydrogen-bond acceptors (Lipinski definition) is 2. The van der Waals surface area contributed by atoms with Crippen molar-refractivity contribution in [3.63, 3.8) is 0 Å². The second-order valence-corrected chi connectivity index (χ2v) is 3.84. The van der Waals surface area contributed by atoms with Crippen LogP contribution in [0.1, 0.15) is 18.2 Å². The van der Waals surface area contributed by atoms with E-state index in [4.69, 9.17) is 9.15 Å². The molecule has 0 unspecified atom stereocenters. The molecule has 2 nitrogen and oxygen atoms in total. The molecule has 2 aromatic rings. The largest absolute Gasteiger partial charge is 0.494 e. The third kappa shape index (κ3) is 2.59. The maximum atomic E-state index is 5.61. The zero-order valence-electron chi connectivity index (χ0n) is 10.2. The first-order valence-electron chi connectivity index (χ1n) is 5.70. The highest BCUT2D eigenvalue weighted by atomic mass is 16.5. The molecule has 0 amide bonds. The molecule has 0 atom stereocenters. The average Bonchev–Trinajstić information content (AvgIpc) is 2.76. The Balaban J connectivity index is 2.45. The highest BCUT2D eigenvalue weighted by Gasteiger charge is 2.06. The van der Waals surface area contributed by atoms with Crippen LogP contribution in [0.5, 0.6) is 5.75 Å². The van der Waals surface area contributed by atoms with Crippen LogP contribution in [0.15, 0.2) is 41.3 Å². The van der Waals surface area contributed by atoms with Gasteiger partial charge in [-0.2, -0.15) is 0 Å². The molecule has 0 spiro atoms. The molecular weight excluding hydrogens is 212 g/mol. The predicted molar refractivity (Wildman–Crippen MR) is 70.1 cm³/mol. The third-order valence-corrected chi connectivity index (χ3v) is 2.50. The number of furan rings is 1. The molecular formula is C15H16O2. The van der Waals surface area contributed by atoms with Gasteiger partial charge in [-0.3, -0.25) is 0 Å². The molecule has 0 fully saturated rings. The molecule has 88 valence electrons. The summed E-state index contributed by atoms with van der Waals surface area (Å²) in [4.78, 5) is 0. The van der Waals surface area contributed by atoms with E-state index in [0.717, 1.165) is 28.4 Å². The van der Waals surface area contributed by atoms with E-state index in [0.29, 0.717) is 6.61 Å². The highest BCUT2D eigenvalue weighted by Crippen LogP contribution is 2.28. The molecule has 0 saturated heterocycles. The van der Waals surface area contributed by atoms with Crippen molar-refractivity contribution in [3.05, 3.63) is 48.2 Å². The molecule has 0 aliphatic heterocycles. The second-order valence-electron chi connectivity index (χ2n) is 3.84. The lowest BCUT2D eigenvalue weighted by Gasteiger charge is -2.07. The summed E-state index contributed by atoms with van der Waals surface area (Å²) in [6, 6.07) is 9.90. The zero-order chi connectivity index (χ0) is 12.3. The minimum atomic E-state index is 0.650. The standard InChI is InChI=1S/C15H16O2/c1-4-12-8-13(10-14(9-12)16-5-2)15-7-6-11(3)17-15/h4,6-10H,1,5H2,2-3H3. The molecule has 2 heteroatoms. The lowest BCUT2D eigenvalue weighted by molar-refractivity contribution is 0.340. The van der Waals surface area contributed by atoms with Crippen molar-refractivity contribution in [2.45, 2.75) is 13.8 Å². The van der Waals surface area contributed by atoms with Crippen molar-refractivity contribution in [3.8, 4) is 17.1 Å².